The molecule has 0 saturated carbocycles. The van der Waals surface area contributed by atoms with Crippen LogP contribution in [0.25, 0.3) is 33.7 Å². The number of ether oxygens (including phenoxy) is 3. The normalized spacial score (nSPS) is 11.6. The fourth-order valence-electron chi connectivity index (χ4n) is 4.86. The second-order valence-corrected chi connectivity index (χ2v) is 9.86. The number of rotatable bonds is 10. The van der Waals surface area contributed by atoms with E-state index in [4.69, 9.17) is 18.7 Å². The molecule has 0 aromatic heterocycles. The van der Waals surface area contributed by atoms with Gasteiger partial charge in [-0.1, -0.05) is 84.0 Å². The molecule has 2 aliphatic rings. The van der Waals surface area contributed by atoms with E-state index in [1.165, 1.54) is 7.11 Å². The van der Waals surface area contributed by atoms with E-state index in [2.05, 4.69) is 5.16 Å². The van der Waals surface area contributed by atoms with Crippen LogP contribution < -0.4 is 9.47 Å². The molecule has 6 heteroatoms. The van der Waals surface area contributed by atoms with Crippen LogP contribution in [0.15, 0.2) is 132 Å². The van der Waals surface area contributed by atoms with Crippen molar-refractivity contribution >= 4 is 5.97 Å². The molecule has 1 atom stereocenters. The van der Waals surface area contributed by atoms with Crippen molar-refractivity contribution in [3.63, 3.8) is 0 Å². The van der Waals surface area contributed by atoms with E-state index in [-0.39, 0.29) is 0 Å². The molecule has 0 N–H and O–H groups in total. The Kier molecular flexibility index (Phi) is 7.95. The van der Waals surface area contributed by atoms with Gasteiger partial charge in [-0.15, -0.1) is 0 Å². The second kappa shape index (κ2) is 12.4. The third kappa shape index (κ3) is 6.03. The molecule has 1 aliphatic carbocycles. The third-order valence-corrected chi connectivity index (χ3v) is 7.04. The van der Waals surface area contributed by atoms with Crippen LogP contribution in [0.1, 0.15) is 11.1 Å². The van der Waals surface area contributed by atoms with Crippen molar-refractivity contribution in [2.75, 3.05) is 7.11 Å². The maximum absolute atomic E-state index is 12.4. The predicted molar refractivity (Wildman–Crippen MR) is 161 cm³/mol. The van der Waals surface area contributed by atoms with Crippen LogP contribution in [-0.4, -0.2) is 24.3 Å². The van der Waals surface area contributed by atoms with Crippen molar-refractivity contribution in [3.05, 3.63) is 139 Å². The van der Waals surface area contributed by atoms with Crippen LogP contribution in [0.2, 0.25) is 0 Å². The van der Waals surface area contributed by atoms with Crippen molar-refractivity contribution in [1.29, 1.82) is 0 Å². The Labute approximate surface area is 244 Å². The first kappa shape index (κ1) is 26.8. The lowest BCUT2D eigenvalue weighted by atomic mass is 9.99. The van der Waals surface area contributed by atoms with Gasteiger partial charge >= 0.3 is 5.97 Å². The number of hydrogen-bond donors (Lipinski definition) is 0. The van der Waals surface area contributed by atoms with Gasteiger partial charge in [-0.05, 0) is 59.7 Å². The minimum absolute atomic E-state index is 0.408. The van der Waals surface area contributed by atoms with Crippen molar-refractivity contribution < 1.29 is 23.5 Å². The van der Waals surface area contributed by atoms with Gasteiger partial charge in [0.2, 0.25) is 0 Å². The molecule has 0 spiro atoms. The average molecular weight is 556 g/mol. The fraction of sp³-hybridized carbons (Fsp3) is 0.111. The van der Waals surface area contributed by atoms with Gasteiger partial charge in [0.25, 0.3) is 0 Å². The minimum Gasteiger partial charge on any atom is -0.489 e. The van der Waals surface area contributed by atoms with E-state index in [9.17, 15) is 4.79 Å². The molecule has 0 saturated heterocycles. The number of methoxy groups -OCH3 is 1. The van der Waals surface area contributed by atoms with E-state index in [0.717, 1.165) is 44.8 Å². The molecule has 0 fully saturated rings. The first-order valence-electron chi connectivity index (χ1n) is 13.7. The van der Waals surface area contributed by atoms with Crippen LogP contribution in [0, 0.1) is 0 Å². The number of nitrogens with zero attached hydrogens (tertiary/aromatic N) is 1. The van der Waals surface area contributed by atoms with Gasteiger partial charge < -0.3 is 18.7 Å². The van der Waals surface area contributed by atoms with Crippen LogP contribution in [0.5, 0.6) is 11.5 Å². The summed E-state index contributed by atoms with van der Waals surface area (Å²) in [6.45, 7) is 0.508. The summed E-state index contributed by atoms with van der Waals surface area (Å²) < 4.78 is 22.9. The SMILES string of the molecule is COC(=O)C(Cc1ccccc1)Oc1ccc(-c2noc(-c3ccc(OCc4ccccc4)cc3)c3cccc2-3)cc1. The van der Waals surface area contributed by atoms with Crippen molar-refractivity contribution in [2.45, 2.75) is 19.1 Å². The van der Waals surface area contributed by atoms with Crippen molar-refractivity contribution in [1.82, 2.24) is 5.16 Å². The molecular weight excluding hydrogens is 526 g/mol. The molecular formula is C36H29NO5. The molecule has 4 aromatic rings. The molecule has 1 heterocycles. The number of aromatic nitrogens is 1. The van der Waals surface area contributed by atoms with E-state index in [1.807, 2.05) is 127 Å². The number of esters is 1. The Bertz CT molecular complexity index is 1710. The summed E-state index contributed by atoms with van der Waals surface area (Å²) in [6.07, 6.45) is -0.349. The summed E-state index contributed by atoms with van der Waals surface area (Å²) in [7, 11) is 1.37. The minimum atomic E-state index is -0.757. The number of hydrogen-bond acceptors (Lipinski definition) is 6. The van der Waals surface area contributed by atoms with E-state index in [0.29, 0.717) is 24.5 Å². The zero-order valence-corrected chi connectivity index (χ0v) is 23.1. The average Bonchev–Trinajstić information content (AvgIpc) is 3.55. The summed E-state index contributed by atoms with van der Waals surface area (Å²) in [4.78, 5) is 12.4. The van der Waals surface area contributed by atoms with Crippen LogP contribution in [0.4, 0.5) is 0 Å². The smallest absolute Gasteiger partial charge is 0.347 e. The Balaban J connectivity index is 1.18. The highest BCUT2D eigenvalue weighted by molar-refractivity contribution is 5.89. The third-order valence-electron chi connectivity index (χ3n) is 7.04. The highest BCUT2D eigenvalue weighted by atomic mass is 16.6. The van der Waals surface area contributed by atoms with Crippen LogP contribution >= 0.6 is 0 Å². The highest BCUT2D eigenvalue weighted by Crippen LogP contribution is 2.40. The lowest BCUT2D eigenvalue weighted by Crippen LogP contribution is -2.30. The van der Waals surface area contributed by atoms with Gasteiger partial charge in [0.15, 0.2) is 11.9 Å². The van der Waals surface area contributed by atoms with E-state index < -0.39 is 12.1 Å². The number of fused-ring (bicyclic) bond motifs is 1. The topological polar surface area (TPSA) is 70.8 Å². The summed E-state index contributed by atoms with van der Waals surface area (Å²) in [6, 6.07) is 41.2. The van der Waals surface area contributed by atoms with Crippen molar-refractivity contribution in [3.8, 4) is 45.2 Å². The quantitative estimate of drug-likeness (QED) is 0.160. The Morgan fingerprint density at radius 2 is 1.31 bits per heavy atom. The largest absolute Gasteiger partial charge is 0.489 e. The Hall–Kier alpha value is -5.36. The van der Waals surface area contributed by atoms with Gasteiger partial charge in [0.1, 0.15) is 23.8 Å². The second-order valence-electron chi connectivity index (χ2n) is 9.86. The maximum atomic E-state index is 12.4. The van der Waals surface area contributed by atoms with Crippen LogP contribution in [-0.2, 0) is 22.6 Å². The number of benzene rings is 4. The van der Waals surface area contributed by atoms with Crippen LogP contribution in [0.3, 0.4) is 0 Å². The molecule has 6 nitrogen and oxygen atoms in total. The van der Waals surface area contributed by atoms with Gasteiger partial charge in [-0.2, -0.15) is 0 Å². The number of carbonyl (C=O) groups is 1. The molecule has 42 heavy (non-hydrogen) atoms. The zero-order chi connectivity index (χ0) is 28.7. The fourth-order valence-corrected chi connectivity index (χ4v) is 4.86. The standard InChI is InChI=1S/C36H29NO5/c1-39-36(38)33(23-25-9-4-2-5-10-25)41-30-21-15-27(16-22-30)34-31-13-8-14-32(31)35(42-37-34)28-17-19-29(20-18-28)40-24-26-11-6-3-7-12-26/h2-22,33H,23-24H2,1H3. The molecule has 0 radical (unpaired) electrons. The lowest BCUT2D eigenvalue weighted by molar-refractivity contribution is -0.148. The predicted octanol–water partition coefficient (Wildman–Crippen LogP) is 7.86. The lowest BCUT2D eigenvalue weighted by Gasteiger charge is -2.17. The first-order chi connectivity index (χ1) is 20.7. The zero-order valence-electron chi connectivity index (χ0n) is 23.1. The van der Waals surface area contributed by atoms with Gasteiger partial charge in [-0.25, -0.2) is 4.79 Å². The first-order valence-corrected chi connectivity index (χ1v) is 13.7. The highest BCUT2D eigenvalue weighted by Gasteiger charge is 2.23. The van der Waals surface area contributed by atoms with Gasteiger partial charge in [-0.3, -0.25) is 0 Å². The summed E-state index contributed by atoms with van der Waals surface area (Å²) in [5, 5.41) is 4.49. The summed E-state index contributed by atoms with van der Waals surface area (Å²) in [5.41, 5.74) is 6.55. The van der Waals surface area contributed by atoms with Gasteiger partial charge in [0.05, 0.1) is 7.11 Å². The van der Waals surface area contributed by atoms with Crippen molar-refractivity contribution in [2.24, 2.45) is 0 Å². The molecule has 0 bridgehead atoms. The molecule has 6 rings (SSSR count). The summed E-state index contributed by atoms with van der Waals surface area (Å²) in [5.74, 6) is 1.61. The van der Waals surface area contributed by atoms with E-state index in [1.54, 1.807) is 0 Å². The van der Waals surface area contributed by atoms with Gasteiger partial charge in [0, 0.05) is 28.7 Å². The van der Waals surface area contributed by atoms with E-state index >= 15 is 0 Å². The molecule has 4 aromatic carbocycles. The monoisotopic (exact) mass is 555 g/mol. The Morgan fingerprint density at radius 1 is 0.690 bits per heavy atom. The molecule has 0 amide bonds. The summed E-state index contributed by atoms with van der Waals surface area (Å²) >= 11 is 0. The molecule has 1 unspecified atom stereocenters. The maximum Gasteiger partial charge on any atom is 0.347 e. The molecule has 1 aliphatic heterocycles. The number of carbonyl (C=O) groups excluding carboxylic acids is 1. The molecule has 208 valence electrons. The Morgan fingerprint density at radius 3 is 2.00 bits per heavy atom.